The molecule has 0 radical (unpaired) electrons. The third-order valence-electron chi connectivity index (χ3n) is 4.66. The molecule has 3 aromatic heterocycles. The quantitative estimate of drug-likeness (QED) is 0.633. The van der Waals surface area contributed by atoms with Gasteiger partial charge in [-0.2, -0.15) is 4.52 Å². The topological polar surface area (TPSA) is 66.6 Å². The zero-order valence-corrected chi connectivity index (χ0v) is 17.0. The number of thiophene rings is 1. The number of hydrogen-bond acceptors (Lipinski definition) is 6. The van der Waals surface area contributed by atoms with E-state index in [1.165, 1.54) is 11.3 Å². The lowest BCUT2D eigenvalue weighted by Gasteiger charge is -2.30. The predicted molar refractivity (Wildman–Crippen MR) is 105 cm³/mol. The molecule has 1 amide bonds. The largest absolute Gasteiger partial charge is 0.361 e. The molecule has 0 aromatic carbocycles. The van der Waals surface area contributed by atoms with Crippen molar-refractivity contribution in [2.24, 2.45) is 0 Å². The summed E-state index contributed by atoms with van der Waals surface area (Å²) in [5, 5.41) is 15.2. The van der Waals surface area contributed by atoms with Crippen LogP contribution in [0.4, 0.5) is 5.82 Å². The van der Waals surface area contributed by atoms with Gasteiger partial charge < -0.3 is 9.80 Å². The Bertz CT molecular complexity index is 944. The van der Waals surface area contributed by atoms with E-state index >= 15 is 0 Å². The van der Waals surface area contributed by atoms with Crippen molar-refractivity contribution >= 4 is 44.6 Å². The summed E-state index contributed by atoms with van der Waals surface area (Å²) in [6.07, 6.45) is 1.74. The molecule has 0 N–H and O–H groups in total. The van der Waals surface area contributed by atoms with Crippen molar-refractivity contribution in [1.29, 1.82) is 0 Å². The molecule has 0 unspecified atom stereocenters. The van der Waals surface area contributed by atoms with E-state index in [2.05, 4.69) is 31.2 Å². The van der Waals surface area contributed by atoms with Gasteiger partial charge in [-0.25, -0.2) is 0 Å². The van der Waals surface area contributed by atoms with Gasteiger partial charge in [0, 0.05) is 43.0 Å². The Morgan fingerprint density at radius 3 is 2.69 bits per heavy atom. The first kappa shape index (κ1) is 17.4. The molecule has 0 bridgehead atoms. The second-order valence-electron chi connectivity index (χ2n) is 6.61. The maximum atomic E-state index is 12.6. The van der Waals surface area contributed by atoms with Gasteiger partial charge in [0.25, 0.3) is 5.91 Å². The van der Waals surface area contributed by atoms with E-state index in [1.807, 2.05) is 52.0 Å². The van der Waals surface area contributed by atoms with Crippen molar-refractivity contribution in [2.75, 3.05) is 32.1 Å². The van der Waals surface area contributed by atoms with Gasteiger partial charge in [-0.1, -0.05) is 0 Å². The molecule has 0 atom stereocenters. The number of anilines is 1. The van der Waals surface area contributed by atoms with Crippen LogP contribution < -0.4 is 4.90 Å². The van der Waals surface area contributed by atoms with Crippen LogP contribution >= 0.6 is 27.3 Å². The van der Waals surface area contributed by atoms with Crippen molar-refractivity contribution < 1.29 is 4.79 Å². The summed E-state index contributed by atoms with van der Waals surface area (Å²) in [7, 11) is 3.93. The first-order chi connectivity index (χ1) is 12.5. The summed E-state index contributed by atoms with van der Waals surface area (Å²) in [6, 6.07) is 5.76. The molecular weight excluding hydrogens is 416 g/mol. The molecule has 1 saturated heterocycles. The van der Waals surface area contributed by atoms with Crippen LogP contribution in [-0.4, -0.2) is 57.8 Å². The standard InChI is InChI=1S/C17H19BrN6OS/c1-22(2)15-4-3-14-19-20-16(24(14)21-15)11-5-7-23(8-6-11)17(25)13-9-12(18)10-26-13/h3-4,9-11H,5-8H2,1-2H3. The number of likely N-dealkylation sites (tertiary alicyclic amines) is 1. The molecule has 136 valence electrons. The lowest BCUT2D eigenvalue weighted by Crippen LogP contribution is -2.38. The Kier molecular flexibility index (Phi) is 4.66. The van der Waals surface area contributed by atoms with Gasteiger partial charge in [0.2, 0.25) is 0 Å². The summed E-state index contributed by atoms with van der Waals surface area (Å²) in [5.74, 6) is 2.12. The average Bonchev–Trinajstić information content (AvgIpc) is 3.27. The van der Waals surface area contributed by atoms with Crippen LogP contribution in [0.2, 0.25) is 0 Å². The highest BCUT2D eigenvalue weighted by Gasteiger charge is 2.28. The molecule has 3 aromatic rings. The number of aromatic nitrogens is 4. The Morgan fingerprint density at radius 1 is 1.27 bits per heavy atom. The summed E-state index contributed by atoms with van der Waals surface area (Å²) in [5.41, 5.74) is 0.757. The van der Waals surface area contributed by atoms with Crippen LogP contribution in [0.1, 0.15) is 34.3 Å². The van der Waals surface area contributed by atoms with E-state index in [-0.39, 0.29) is 11.8 Å². The van der Waals surface area contributed by atoms with Gasteiger partial charge in [0.1, 0.15) is 5.82 Å². The summed E-state index contributed by atoms with van der Waals surface area (Å²) < 4.78 is 2.80. The van der Waals surface area contributed by atoms with Gasteiger partial charge in [0.05, 0.1) is 4.88 Å². The van der Waals surface area contributed by atoms with Gasteiger partial charge in [0.15, 0.2) is 11.5 Å². The molecule has 0 aliphatic carbocycles. The Hall–Kier alpha value is -2.00. The highest BCUT2D eigenvalue weighted by Crippen LogP contribution is 2.29. The molecule has 9 heteroatoms. The maximum absolute atomic E-state index is 12.6. The minimum absolute atomic E-state index is 0.110. The Labute approximate surface area is 163 Å². The molecular formula is C17H19BrN6OS. The number of hydrogen-bond donors (Lipinski definition) is 0. The smallest absolute Gasteiger partial charge is 0.263 e. The van der Waals surface area contributed by atoms with E-state index < -0.39 is 0 Å². The van der Waals surface area contributed by atoms with Crippen LogP contribution in [0, 0.1) is 0 Å². The van der Waals surface area contributed by atoms with Crippen LogP contribution in [0.25, 0.3) is 5.65 Å². The monoisotopic (exact) mass is 434 g/mol. The van der Waals surface area contributed by atoms with E-state index in [9.17, 15) is 4.79 Å². The molecule has 1 fully saturated rings. The number of halogens is 1. The molecule has 7 nitrogen and oxygen atoms in total. The number of fused-ring (bicyclic) bond motifs is 1. The highest BCUT2D eigenvalue weighted by molar-refractivity contribution is 9.10. The first-order valence-electron chi connectivity index (χ1n) is 8.46. The average molecular weight is 435 g/mol. The van der Waals surface area contributed by atoms with Gasteiger partial charge in [-0.3, -0.25) is 4.79 Å². The molecule has 4 heterocycles. The lowest BCUT2D eigenvalue weighted by atomic mass is 9.96. The van der Waals surface area contributed by atoms with Crippen LogP contribution in [0.3, 0.4) is 0 Å². The number of nitrogens with zero attached hydrogens (tertiary/aromatic N) is 6. The minimum atomic E-state index is 0.110. The second-order valence-corrected chi connectivity index (χ2v) is 8.44. The van der Waals surface area contributed by atoms with E-state index in [4.69, 9.17) is 0 Å². The third-order valence-corrected chi connectivity index (χ3v) is 6.34. The molecule has 26 heavy (non-hydrogen) atoms. The lowest BCUT2D eigenvalue weighted by molar-refractivity contribution is 0.0715. The Balaban J connectivity index is 1.50. The first-order valence-corrected chi connectivity index (χ1v) is 10.1. The number of amides is 1. The maximum Gasteiger partial charge on any atom is 0.263 e. The van der Waals surface area contributed by atoms with Crippen LogP contribution in [-0.2, 0) is 0 Å². The second kappa shape index (κ2) is 6.96. The zero-order valence-electron chi connectivity index (χ0n) is 14.6. The van der Waals surface area contributed by atoms with Crippen molar-refractivity contribution in [2.45, 2.75) is 18.8 Å². The van der Waals surface area contributed by atoms with Crippen molar-refractivity contribution in [3.05, 3.63) is 38.8 Å². The van der Waals surface area contributed by atoms with Crippen molar-refractivity contribution in [1.82, 2.24) is 24.7 Å². The fraction of sp³-hybridized carbons (Fsp3) is 0.412. The zero-order chi connectivity index (χ0) is 18.3. The molecule has 4 rings (SSSR count). The summed E-state index contributed by atoms with van der Waals surface area (Å²) >= 11 is 4.89. The van der Waals surface area contributed by atoms with Crippen molar-refractivity contribution in [3.63, 3.8) is 0 Å². The number of rotatable bonds is 3. The summed E-state index contributed by atoms with van der Waals surface area (Å²) in [6.45, 7) is 1.45. The SMILES string of the molecule is CN(C)c1ccc2nnc(C3CCN(C(=O)c4cc(Br)cs4)CC3)n2n1. The minimum Gasteiger partial charge on any atom is -0.361 e. The van der Waals surface area contributed by atoms with Gasteiger partial charge in [-0.15, -0.1) is 26.6 Å². The van der Waals surface area contributed by atoms with Crippen molar-refractivity contribution in [3.8, 4) is 0 Å². The number of carbonyl (C=O) groups excluding carboxylic acids is 1. The predicted octanol–water partition coefficient (Wildman–Crippen LogP) is 3.03. The van der Waals surface area contributed by atoms with E-state index in [1.54, 1.807) is 0 Å². The van der Waals surface area contributed by atoms with Crippen LogP contribution in [0.15, 0.2) is 28.1 Å². The molecule has 1 aliphatic rings. The fourth-order valence-corrected chi connectivity index (χ4v) is 4.60. The third kappa shape index (κ3) is 3.21. The number of piperidine rings is 1. The molecule has 0 saturated carbocycles. The fourth-order valence-electron chi connectivity index (χ4n) is 3.21. The van der Waals surface area contributed by atoms with Gasteiger partial charge in [-0.05, 0) is 47.0 Å². The molecule has 1 aliphatic heterocycles. The Morgan fingerprint density at radius 2 is 2.04 bits per heavy atom. The normalized spacial score (nSPS) is 15.6. The molecule has 0 spiro atoms. The van der Waals surface area contributed by atoms with E-state index in [0.29, 0.717) is 0 Å². The highest BCUT2D eigenvalue weighted by atomic mass is 79.9. The number of carbonyl (C=O) groups is 1. The van der Waals surface area contributed by atoms with Gasteiger partial charge >= 0.3 is 0 Å². The van der Waals surface area contributed by atoms with Crippen LogP contribution in [0.5, 0.6) is 0 Å². The summed E-state index contributed by atoms with van der Waals surface area (Å²) in [4.78, 5) is 17.3. The van der Waals surface area contributed by atoms with E-state index in [0.717, 1.165) is 52.6 Å².